The van der Waals surface area contributed by atoms with Gasteiger partial charge >= 0.3 is 5.97 Å². The van der Waals surface area contributed by atoms with Crippen molar-refractivity contribution in [3.05, 3.63) is 12.7 Å². The molecule has 0 saturated carbocycles. The third-order valence-electron chi connectivity index (χ3n) is 2.45. The Hall–Kier alpha value is -2.35. The van der Waals surface area contributed by atoms with Crippen molar-refractivity contribution in [1.82, 2.24) is 10.2 Å². The van der Waals surface area contributed by atoms with E-state index in [-0.39, 0.29) is 11.8 Å². The van der Waals surface area contributed by atoms with Gasteiger partial charge < -0.3 is 14.8 Å². The standard InChI is InChI=1S/C8H17NO2.C4H5NO2.C3H4O.C2H4O/c1-9(2)7-5-3-4-6-8(10)11;6-3-1-2-4(7)5-3;1-2-3-4;1-2-3/h3-7H2,1-2H3,(H,10,11);1-2H2,(H,5,6,7);2-3H,1H2;2H,1H3. The Bertz CT molecular complexity index is 388. The van der Waals surface area contributed by atoms with Crippen molar-refractivity contribution in [1.29, 1.82) is 0 Å². The normalized spacial score (nSPS) is 11.5. The van der Waals surface area contributed by atoms with Crippen LogP contribution in [-0.2, 0) is 24.0 Å². The van der Waals surface area contributed by atoms with E-state index in [1.165, 1.54) is 13.0 Å². The number of hydrogen-bond donors (Lipinski definition) is 2. The van der Waals surface area contributed by atoms with E-state index < -0.39 is 5.97 Å². The van der Waals surface area contributed by atoms with Crippen LogP contribution in [0.15, 0.2) is 12.7 Å². The van der Waals surface area contributed by atoms with Crippen molar-refractivity contribution >= 4 is 30.4 Å². The van der Waals surface area contributed by atoms with Crippen LogP contribution in [0.2, 0.25) is 0 Å². The molecule has 0 aliphatic carbocycles. The van der Waals surface area contributed by atoms with Crippen molar-refractivity contribution < 1.29 is 29.1 Å². The lowest BCUT2D eigenvalue weighted by Gasteiger charge is -2.07. The lowest BCUT2D eigenvalue weighted by Crippen LogP contribution is -2.18. The molecule has 8 nitrogen and oxygen atoms in total. The Morgan fingerprint density at radius 1 is 1.16 bits per heavy atom. The monoisotopic (exact) mass is 358 g/mol. The summed E-state index contributed by atoms with van der Waals surface area (Å²) in [6, 6.07) is 0. The number of nitrogens with one attached hydrogen (secondary N) is 1. The molecule has 2 N–H and O–H groups in total. The smallest absolute Gasteiger partial charge is 0.303 e. The first-order valence-corrected chi connectivity index (χ1v) is 7.90. The molecule has 0 spiro atoms. The van der Waals surface area contributed by atoms with E-state index in [1.54, 1.807) is 0 Å². The number of carboxylic acid groups (broad SMARTS) is 1. The molecular formula is C17H30N2O6. The zero-order chi connectivity index (χ0) is 20.1. The van der Waals surface area contributed by atoms with Gasteiger partial charge in [0, 0.05) is 19.3 Å². The predicted molar refractivity (Wildman–Crippen MR) is 95.0 cm³/mol. The van der Waals surface area contributed by atoms with E-state index in [0.29, 0.717) is 25.5 Å². The minimum Gasteiger partial charge on any atom is -0.481 e. The number of carbonyl (C=O) groups excluding carboxylic acids is 4. The zero-order valence-corrected chi connectivity index (χ0v) is 15.3. The maximum absolute atomic E-state index is 10.1. The second-order valence-electron chi connectivity index (χ2n) is 5.09. The number of carbonyl (C=O) groups is 5. The number of imide groups is 1. The Morgan fingerprint density at radius 2 is 1.60 bits per heavy atom. The highest BCUT2D eigenvalue weighted by Gasteiger charge is 2.15. The molecule has 1 rings (SSSR count). The van der Waals surface area contributed by atoms with Gasteiger partial charge in [-0.05, 0) is 46.5 Å². The highest BCUT2D eigenvalue weighted by Crippen LogP contribution is 1.99. The molecule has 2 amide bonds. The summed E-state index contributed by atoms with van der Waals surface area (Å²) in [6.07, 6.45) is 6.57. The second-order valence-corrected chi connectivity index (χ2v) is 5.09. The van der Waals surface area contributed by atoms with Gasteiger partial charge in [0.15, 0.2) is 0 Å². The molecular weight excluding hydrogens is 328 g/mol. The summed E-state index contributed by atoms with van der Waals surface area (Å²) in [5, 5.41) is 10.5. The summed E-state index contributed by atoms with van der Waals surface area (Å²) in [7, 11) is 4.05. The van der Waals surface area contributed by atoms with Crippen LogP contribution >= 0.6 is 0 Å². The Balaban J connectivity index is -0.000000294. The maximum atomic E-state index is 10.1. The van der Waals surface area contributed by atoms with Crippen LogP contribution in [0.3, 0.4) is 0 Å². The average Bonchev–Trinajstić information content (AvgIpc) is 2.91. The fraction of sp³-hybridized carbons (Fsp3) is 0.588. The first-order chi connectivity index (χ1) is 11.7. The van der Waals surface area contributed by atoms with E-state index in [0.717, 1.165) is 32.1 Å². The molecule has 8 heteroatoms. The molecule has 0 aromatic heterocycles. The topological polar surface area (TPSA) is 121 Å². The average molecular weight is 358 g/mol. The first-order valence-electron chi connectivity index (χ1n) is 7.90. The molecule has 0 aromatic rings. The van der Waals surface area contributed by atoms with Crippen LogP contribution in [0.1, 0.15) is 45.4 Å². The summed E-state index contributed by atoms with van der Waals surface area (Å²) in [5.74, 6) is -0.982. The fourth-order valence-corrected chi connectivity index (χ4v) is 1.39. The van der Waals surface area contributed by atoms with Gasteiger partial charge in [0.1, 0.15) is 12.6 Å². The van der Waals surface area contributed by atoms with E-state index in [2.05, 4.69) is 16.8 Å². The summed E-state index contributed by atoms with van der Waals surface area (Å²) in [6.45, 7) is 5.61. The Morgan fingerprint density at radius 3 is 1.84 bits per heavy atom. The summed E-state index contributed by atoms with van der Waals surface area (Å²) in [5.41, 5.74) is 0. The van der Waals surface area contributed by atoms with Crippen LogP contribution < -0.4 is 5.32 Å². The van der Waals surface area contributed by atoms with Crippen LogP contribution in [0.25, 0.3) is 0 Å². The Kier molecular flexibility index (Phi) is 23.8. The van der Waals surface area contributed by atoms with Crippen LogP contribution in [0.5, 0.6) is 0 Å². The molecule has 1 aliphatic rings. The number of hydrogen-bond acceptors (Lipinski definition) is 6. The number of carboxylic acids is 1. The number of allylic oxidation sites excluding steroid dienone is 1. The SMILES string of the molecule is C=CC=O.CC=O.CN(C)CCCCCC(=O)O.O=C1CCC(=O)N1. The van der Waals surface area contributed by atoms with Gasteiger partial charge in [-0.25, -0.2) is 0 Å². The van der Waals surface area contributed by atoms with Crippen molar-refractivity contribution in [2.45, 2.75) is 45.4 Å². The minimum absolute atomic E-state index is 0.148. The lowest BCUT2D eigenvalue weighted by molar-refractivity contribution is -0.137. The molecule has 0 unspecified atom stereocenters. The number of nitrogens with zero attached hydrogens (tertiary/aromatic N) is 1. The summed E-state index contributed by atoms with van der Waals surface area (Å²) < 4.78 is 0. The van der Waals surface area contributed by atoms with Gasteiger partial charge in [-0.1, -0.05) is 13.0 Å². The molecule has 1 fully saturated rings. The van der Waals surface area contributed by atoms with E-state index in [9.17, 15) is 14.4 Å². The van der Waals surface area contributed by atoms with E-state index in [1.807, 2.05) is 14.1 Å². The predicted octanol–water partition coefficient (Wildman–Crippen LogP) is 1.19. The second kappa shape index (κ2) is 21.6. The van der Waals surface area contributed by atoms with Gasteiger partial charge in [-0.2, -0.15) is 0 Å². The molecule has 1 heterocycles. The Labute approximate surface area is 149 Å². The molecule has 0 aromatic carbocycles. The number of aliphatic carboxylic acids is 1. The quantitative estimate of drug-likeness (QED) is 0.303. The number of unbranched alkanes of at least 4 members (excludes halogenated alkanes) is 2. The fourth-order valence-electron chi connectivity index (χ4n) is 1.39. The van der Waals surface area contributed by atoms with Crippen molar-refractivity contribution in [2.75, 3.05) is 20.6 Å². The maximum Gasteiger partial charge on any atom is 0.303 e. The van der Waals surface area contributed by atoms with Crippen molar-refractivity contribution in [3.63, 3.8) is 0 Å². The zero-order valence-electron chi connectivity index (χ0n) is 15.3. The van der Waals surface area contributed by atoms with Gasteiger partial charge in [-0.3, -0.25) is 24.5 Å². The van der Waals surface area contributed by atoms with Gasteiger partial charge in [0.2, 0.25) is 11.8 Å². The van der Waals surface area contributed by atoms with E-state index in [4.69, 9.17) is 14.7 Å². The summed E-state index contributed by atoms with van der Waals surface area (Å²) >= 11 is 0. The molecule has 144 valence electrons. The van der Waals surface area contributed by atoms with Crippen LogP contribution in [0, 0.1) is 0 Å². The molecule has 0 bridgehead atoms. The first kappa shape index (κ1) is 27.5. The lowest BCUT2D eigenvalue weighted by atomic mass is 10.2. The third kappa shape index (κ3) is 34.1. The largest absolute Gasteiger partial charge is 0.481 e. The van der Waals surface area contributed by atoms with Crippen LogP contribution in [-0.4, -0.2) is 61.0 Å². The number of amides is 2. The highest BCUT2D eigenvalue weighted by atomic mass is 16.4. The molecule has 1 saturated heterocycles. The third-order valence-corrected chi connectivity index (χ3v) is 2.45. The molecule has 25 heavy (non-hydrogen) atoms. The summed E-state index contributed by atoms with van der Waals surface area (Å²) in [4.78, 5) is 50.3. The van der Waals surface area contributed by atoms with Gasteiger partial charge in [0.05, 0.1) is 0 Å². The minimum atomic E-state index is -0.685. The van der Waals surface area contributed by atoms with Gasteiger partial charge in [0.25, 0.3) is 0 Å². The highest BCUT2D eigenvalue weighted by molar-refractivity contribution is 6.01. The van der Waals surface area contributed by atoms with Gasteiger partial charge in [-0.15, -0.1) is 0 Å². The number of rotatable bonds is 7. The molecule has 1 aliphatic heterocycles. The molecule has 0 radical (unpaired) electrons. The van der Waals surface area contributed by atoms with Crippen molar-refractivity contribution in [2.24, 2.45) is 0 Å². The van der Waals surface area contributed by atoms with Crippen LogP contribution in [0.4, 0.5) is 0 Å². The van der Waals surface area contributed by atoms with E-state index >= 15 is 0 Å². The number of aldehydes is 2. The molecule has 0 atom stereocenters. The van der Waals surface area contributed by atoms with Crippen molar-refractivity contribution in [3.8, 4) is 0 Å².